The highest BCUT2D eigenvalue weighted by molar-refractivity contribution is 7.17. The molecule has 4 rings (SSSR count). The van der Waals surface area contributed by atoms with E-state index in [2.05, 4.69) is 43.1 Å². The van der Waals surface area contributed by atoms with E-state index < -0.39 is 0 Å². The molecule has 2 heterocycles. The molecule has 0 saturated heterocycles. The molecule has 0 aliphatic rings. The van der Waals surface area contributed by atoms with E-state index in [1.165, 1.54) is 29.0 Å². The van der Waals surface area contributed by atoms with E-state index in [9.17, 15) is 9.18 Å². The summed E-state index contributed by atoms with van der Waals surface area (Å²) in [6.45, 7) is 6.43. The Morgan fingerprint density at radius 1 is 1.14 bits per heavy atom. The standard InChI is InChI=1S/C23H21FN2OS/c1-14(2)17-7-9-18(10-8-17)20-13-28-22-21(20)23(27)26(15(3)25-22)12-16-5-4-6-19(24)11-16/h4-11,13-14H,12H2,1-3H3. The Labute approximate surface area is 167 Å². The fraction of sp³-hybridized carbons (Fsp3) is 0.217. The Morgan fingerprint density at radius 2 is 1.89 bits per heavy atom. The number of nitrogens with zero attached hydrogens (tertiary/aromatic N) is 2. The van der Waals surface area contributed by atoms with E-state index in [0.717, 1.165) is 21.5 Å². The van der Waals surface area contributed by atoms with Crippen LogP contribution in [0.3, 0.4) is 0 Å². The molecule has 0 atom stereocenters. The summed E-state index contributed by atoms with van der Waals surface area (Å²) in [6, 6.07) is 14.7. The molecular weight excluding hydrogens is 371 g/mol. The summed E-state index contributed by atoms with van der Waals surface area (Å²) in [5, 5.41) is 2.62. The van der Waals surface area contributed by atoms with Crippen molar-refractivity contribution in [3.8, 4) is 11.1 Å². The van der Waals surface area contributed by atoms with Gasteiger partial charge in [-0.15, -0.1) is 11.3 Å². The maximum atomic E-state index is 13.5. The van der Waals surface area contributed by atoms with E-state index >= 15 is 0 Å². The van der Waals surface area contributed by atoms with E-state index in [0.29, 0.717) is 23.7 Å². The molecule has 4 aromatic rings. The summed E-state index contributed by atoms with van der Waals surface area (Å²) in [7, 11) is 0. The van der Waals surface area contributed by atoms with E-state index in [1.54, 1.807) is 10.6 Å². The van der Waals surface area contributed by atoms with Gasteiger partial charge in [-0.05, 0) is 41.7 Å². The minimum absolute atomic E-state index is 0.0871. The molecule has 0 spiro atoms. The number of fused-ring (bicyclic) bond motifs is 1. The first-order chi connectivity index (χ1) is 13.4. The van der Waals surface area contributed by atoms with Crippen molar-refractivity contribution in [3.63, 3.8) is 0 Å². The molecule has 0 radical (unpaired) electrons. The van der Waals surface area contributed by atoms with Crippen LogP contribution in [0.25, 0.3) is 21.3 Å². The van der Waals surface area contributed by atoms with Crippen LogP contribution >= 0.6 is 11.3 Å². The number of hydrogen-bond donors (Lipinski definition) is 0. The average Bonchev–Trinajstić information content (AvgIpc) is 3.09. The van der Waals surface area contributed by atoms with Gasteiger partial charge < -0.3 is 0 Å². The number of rotatable bonds is 4. The SMILES string of the molecule is Cc1nc2scc(-c3ccc(C(C)C)cc3)c2c(=O)n1Cc1cccc(F)c1. The summed E-state index contributed by atoms with van der Waals surface area (Å²) in [6.07, 6.45) is 0. The van der Waals surface area contributed by atoms with Gasteiger partial charge in [0.15, 0.2) is 0 Å². The smallest absolute Gasteiger partial charge is 0.263 e. The molecule has 0 N–H and O–H groups in total. The lowest BCUT2D eigenvalue weighted by atomic mass is 9.99. The first kappa shape index (κ1) is 18.6. The fourth-order valence-corrected chi connectivity index (χ4v) is 4.37. The first-order valence-electron chi connectivity index (χ1n) is 9.27. The largest absolute Gasteiger partial charge is 0.292 e. The molecular formula is C23H21FN2OS. The third-order valence-corrected chi connectivity index (χ3v) is 5.87. The Morgan fingerprint density at radius 3 is 2.57 bits per heavy atom. The number of benzene rings is 2. The van der Waals surface area contributed by atoms with E-state index in [-0.39, 0.29) is 11.4 Å². The first-order valence-corrected chi connectivity index (χ1v) is 10.2. The van der Waals surface area contributed by atoms with Crippen molar-refractivity contribution in [2.24, 2.45) is 0 Å². The molecule has 142 valence electrons. The zero-order valence-corrected chi connectivity index (χ0v) is 16.9. The van der Waals surface area contributed by atoms with Crippen LogP contribution in [0.15, 0.2) is 58.7 Å². The van der Waals surface area contributed by atoms with Crippen LogP contribution in [-0.4, -0.2) is 9.55 Å². The Balaban J connectivity index is 1.83. The minimum atomic E-state index is -0.307. The minimum Gasteiger partial charge on any atom is -0.292 e. The molecule has 0 fully saturated rings. The summed E-state index contributed by atoms with van der Waals surface area (Å²) < 4.78 is 15.2. The van der Waals surface area contributed by atoms with E-state index in [4.69, 9.17) is 0 Å². The van der Waals surface area contributed by atoms with Crippen LogP contribution in [0.1, 0.15) is 36.7 Å². The molecule has 0 aliphatic carbocycles. The quantitative estimate of drug-likeness (QED) is 0.444. The van der Waals surface area contributed by atoms with Crippen molar-refractivity contribution in [1.29, 1.82) is 0 Å². The van der Waals surface area contributed by atoms with Gasteiger partial charge in [0.1, 0.15) is 16.5 Å². The topological polar surface area (TPSA) is 34.9 Å². The third-order valence-electron chi connectivity index (χ3n) is 5.00. The summed E-state index contributed by atoms with van der Waals surface area (Å²) in [4.78, 5) is 18.7. The van der Waals surface area contributed by atoms with Crippen molar-refractivity contribution >= 4 is 21.6 Å². The van der Waals surface area contributed by atoms with Gasteiger partial charge in [0, 0.05) is 10.9 Å². The number of hydrogen-bond acceptors (Lipinski definition) is 3. The molecule has 0 unspecified atom stereocenters. The van der Waals surface area contributed by atoms with Gasteiger partial charge in [0.2, 0.25) is 0 Å². The van der Waals surface area contributed by atoms with Crippen LogP contribution in [0.2, 0.25) is 0 Å². The van der Waals surface area contributed by atoms with Crippen LogP contribution in [0.4, 0.5) is 4.39 Å². The molecule has 0 amide bonds. The number of thiophene rings is 1. The molecule has 5 heteroatoms. The maximum absolute atomic E-state index is 13.5. The predicted molar refractivity (Wildman–Crippen MR) is 114 cm³/mol. The second-order valence-corrected chi connectivity index (χ2v) is 8.14. The van der Waals surface area contributed by atoms with Crippen LogP contribution in [0.5, 0.6) is 0 Å². The van der Waals surface area contributed by atoms with Gasteiger partial charge in [-0.3, -0.25) is 9.36 Å². The van der Waals surface area contributed by atoms with Crippen molar-refractivity contribution in [1.82, 2.24) is 9.55 Å². The lowest BCUT2D eigenvalue weighted by molar-refractivity contribution is 0.621. The normalized spacial score (nSPS) is 11.5. The lowest BCUT2D eigenvalue weighted by Crippen LogP contribution is -2.24. The Bertz CT molecular complexity index is 1210. The summed E-state index contributed by atoms with van der Waals surface area (Å²) in [5.74, 6) is 0.783. The van der Waals surface area contributed by atoms with Crippen molar-refractivity contribution in [3.05, 3.63) is 87.0 Å². The maximum Gasteiger partial charge on any atom is 0.263 e. The summed E-state index contributed by atoms with van der Waals surface area (Å²) >= 11 is 1.48. The van der Waals surface area contributed by atoms with Gasteiger partial charge in [-0.25, -0.2) is 9.37 Å². The van der Waals surface area contributed by atoms with Crippen molar-refractivity contribution in [2.45, 2.75) is 33.2 Å². The number of aromatic nitrogens is 2. The highest BCUT2D eigenvalue weighted by Gasteiger charge is 2.16. The molecule has 0 saturated carbocycles. The molecule has 0 aliphatic heterocycles. The van der Waals surface area contributed by atoms with Gasteiger partial charge >= 0.3 is 0 Å². The predicted octanol–water partition coefficient (Wildman–Crippen LogP) is 5.74. The van der Waals surface area contributed by atoms with Crippen molar-refractivity contribution in [2.75, 3.05) is 0 Å². The van der Waals surface area contributed by atoms with Crippen LogP contribution in [0, 0.1) is 12.7 Å². The summed E-state index contributed by atoms with van der Waals surface area (Å²) in [5.41, 5.74) is 3.83. The van der Waals surface area contributed by atoms with Gasteiger partial charge in [0.05, 0.1) is 11.9 Å². The molecule has 2 aromatic carbocycles. The molecule has 0 bridgehead atoms. The highest BCUT2D eigenvalue weighted by Crippen LogP contribution is 2.32. The number of halogens is 1. The Kier molecular flexibility index (Phi) is 4.85. The highest BCUT2D eigenvalue weighted by atomic mass is 32.1. The van der Waals surface area contributed by atoms with Gasteiger partial charge in [0.25, 0.3) is 5.56 Å². The Hall–Kier alpha value is -2.79. The van der Waals surface area contributed by atoms with E-state index in [1.807, 2.05) is 18.4 Å². The second-order valence-electron chi connectivity index (χ2n) is 7.29. The second kappa shape index (κ2) is 7.32. The van der Waals surface area contributed by atoms with Crippen LogP contribution < -0.4 is 5.56 Å². The average molecular weight is 392 g/mol. The lowest BCUT2D eigenvalue weighted by Gasteiger charge is -2.11. The third kappa shape index (κ3) is 3.38. The zero-order chi connectivity index (χ0) is 19.8. The fourth-order valence-electron chi connectivity index (χ4n) is 3.39. The molecule has 2 aromatic heterocycles. The zero-order valence-electron chi connectivity index (χ0n) is 16.1. The van der Waals surface area contributed by atoms with Crippen molar-refractivity contribution < 1.29 is 4.39 Å². The molecule has 3 nitrogen and oxygen atoms in total. The molecule has 28 heavy (non-hydrogen) atoms. The monoisotopic (exact) mass is 392 g/mol. The van der Waals surface area contributed by atoms with Gasteiger partial charge in [-0.1, -0.05) is 50.2 Å². The van der Waals surface area contributed by atoms with Crippen LogP contribution in [-0.2, 0) is 6.54 Å². The number of aryl methyl sites for hydroxylation is 1. The van der Waals surface area contributed by atoms with Gasteiger partial charge in [-0.2, -0.15) is 0 Å².